The molecule has 0 aliphatic heterocycles. The number of benzene rings is 4. The number of hydrogen-bond acceptors (Lipinski definition) is 0. The molecule has 256 valence electrons. The predicted molar refractivity (Wildman–Crippen MR) is 220 cm³/mol. The molecule has 0 saturated carbocycles. The van der Waals surface area contributed by atoms with Gasteiger partial charge in [0.25, 0.3) is 0 Å². The van der Waals surface area contributed by atoms with E-state index in [1.165, 1.54) is 106 Å². The molecule has 0 amide bonds. The van der Waals surface area contributed by atoms with Crippen molar-refractivity contribution < 1.29 is 23.3 Å². The molecule has 0 unspecified atom stereocenters. The number of aryl methyl sites for hydroxylation is 5. The summed E-state index contributed by atoms with van der Waals surface area (Å²) in [6.07, 6.45) is 0. The van der Waals surface area contributed by atoms with Gasteiger partial charge in [-0.25, -0.2) is 0 Å². The van der Waals surface area contributed by atoms with E-state index in [0.717, 1.165) is 0 Å². The van der Waals surface area contributed by atoms with Gasteiger partial charge in [-0.1, -0.05) is 114 Å². The maximum absolute atomic E-state index is 3.06. The molecule has 0 heterocycles. The molecule has 0 bridgehead atoms. The zero-order valence-electron chi connectivity index (χ0n) is 31.1. The fourth-order valence-electron chi connectivity index (χ4n) is 6.41. The summed E-state index contributed by atoms with van der Waals surface area (Å²) in [5, 5.41) is 5.49. The summed E-state index contributed by atoms with van der Waals surface area (Å²) in [5.74, 6) is 0.573. The average Bonchev–Trinajstić information content (AvgIpc) is 3.59. The third kappa shape index (κ3) is 10.2. The molecule has 0 aliphatic carbocycles. The predicted octanol–water partition coefficient (Wildman–Crippen LogP) is 13.8. The van der Waals surface area contributed by atoms with Gasteiger partial charge in [0, 0.05) is 0 Å². The number of fused-ring (bicyclic) bond motifs is 2. The molecule has 0 saturated heterocycles. The van der Waals surface area contributed by atoms with Crippen LogP contribution >= 0.6 is 24.8 Å². The van der Waals surface area contributed by atoms with Crippen LogP contribution in [0.5, 0.6) is 0 Å². The fraction of sp³-hybridized carbons (Fsp3) is 0.273. The fourth-order valence-corrected chi connectivity index (χ4v) is 6.41. The van der Waals surface area contributed by atoms with Gasteiger partial charge in [-0.3, -0.25) is 0 Å². The first-order chi connectivity index (χ1) is 20.8. The molecule has 48 heavy (non-hydrogen) atoms. The summed E-state index contributed by atoms with van der Waals surface area (Å²) in [4.78, 5) is 0. The molecule has 6 aromatic rings. The average molecular weight is 773 g/mol. The quantitative estimate of drug-likeness (QED) is 0.124. The van der Waals surface area contributed by atoms with Crippen molar-refractivity contribution in [3.63, 3.8) is 0 Å². The van der Waals surface area contributed by atoms with Gasteiger partial charge in [0.15, 0.2) is 0 Å². The van der Waals surface area contributed by atoms with E-state index in [1.54, 1.807) is 0 Å². The van der Waals surface area contributed by atoms with E-state index in [0.29, 0.717) is 5.92 Å². The van der Waals surface area contributed by atoms with E-state index >= 15 is 0 Å². The Labute approximate surface area is 321 Å². The summed E-state index contributed by atoms with van der Waals surface area (Å²) >= 11 is 1.36. The van der Waals surface area contributed by atoms with Gasteiger partial charge >= 0.3 is 30.2 Å². The minimum atomic E-state index is 0. The first kappa shape index (κ1) is 45.8. The third-order valence-corrected chi connectivity index (χ3v) is 8.70. The normalized spacial score (nSPS) is 10.4. The maximum atomic E-state index is 3.06. The van der Waals surface area contributed by atoms with Crippen molar-refractivity contribution in [2.45, 2.75) is 80.6 Å². The zero-order valence-corrected chi connectivity index (χ0v) is 36.1. The number of hydrogen-bond donors (Lipinski definition) is 0. The SMILES string of the molecule is CC(C)c1cc2c(-c3ccc(C(C)(C)C)cc3)cccc2[cH-]1.Cc1cc(C)c(-c2ccc(C)c3[cH-]c(C)cc23)c(C)c1.Cl.Cl.[CH3-].[CH3-].[Si]=[Zr]. The van der Waals surface area contributed by atoms with Crippen LogP contribution in [0.4, 0.5) is 0 Å². The van der Waals surface area contributed by atoms with E-state index in [1.807, 2.05) is 0 Å². The second-order valence-corrected chi connectivity index (χ2v) is 13.6. The Morgan fingerprint density at radius 2 is 1.23 bits per heavy atom. The van der Waals surface area contributed by atoms with Crippen LogP contribution in [0.1, 0.15) is 79.5 Å². The second-order valence-electron chi connectivity index (χ2n) is 13.6. The topological polar surface area (TPSA) is 0 Å². The molecule has 6 rings (SSSR count). The van der Waals surface area contributed by atoms with E-state index in [9.17, 15) is 0 Å². The van der Waals surface area contributed by atoms with Crippen molar-refractivity contribution in [2.75, 3.05) is 0 Å². The number of rotatable bonds is 3. The van der Waals surface area contributed by atoms with Crippen LogP contribution in [0.25, 0.3) is 43.8 Å². The Morgan fingerprint density at radius 1 is 0.646 bits per heavy atom. The molecule has 4 heteroatoms. The Kier molecular flexibility index (Phi) is 18.4. The Morgan fingerprint density at radius 3 is 1.77 bits per heavy atom. The standard InChI is InChI=1S/C22H25.C20H21.2CH3.2ClH.Si.Zr/c1-15(2)18-13-17-7-6-8-20(21(17)14-18)16-9-11-19(12-10-16)22(3,4)5;1-12-8-15(4)20(16(5)9-12)17-7-6-14(3)18-10-13(2)11-19(17)18;;;;;;/h6-15H,1-5H3;6-11H,1-5H3;2*1H3;2*1H;;/q4*-1;;;;. The van der Waals surface area contributed by atoms with Crippen molar-refractivity contribution in [3.05, 3.63) is 145 Å². The van der Waals surface area contributed by atoms with Crippen molar-refractivity contribution in [1.82, 2.24) is 0 Å². The van der Waals surface area contributed by atoms with Gasteiger partial charge in [0.2, 0.25) is 0 Å². The Balaban J connectivity index is 0.000000813. The van der Waals surface area contributed by atoms with E-state index in [-0.39, 0.29) is 45.1 Å². The van der Waals surface area contributed by atoms with Crippen molar-refractivity contribution in [2.24, 2.45) is 0 Å². The number of halogens is 2. The summed E-state index contributed by atoms with van der Waals surface area (Å²) in [7, 11) is 0. The van der Waals surface area contributed by atoms with Crippen LogP contribution in [-0.4, -0.2) is 6.88 Å². The van der Waals surface area contributed by atoms with Crippen molar-refractivity contribution in [1.29, 1.82) is 0 Å². The van der Waals surface area contributed by atoms with Crippen LogP contribution in [0, 0.1) is 49.5 Å². The summed E-state index contributed by atoms with van der Waals surface area (Å²) in [5.41, 5.74) is 15.2. The van der Waals surface area contributed by atoms with Crippen molar-refractivity contribution in [3.8, 4) is 22.3 Å². The van der Waals surface area contributed by atoms with E-state index in [4.69, 9.17) is 0 Å². The van der Waals surface area contributed by atoms with Gasteiger partial charge in [-0.15, -0.1) is 93.4 Å². The zero-order chi connectivity index (χ0) is 32.3. The molecular formula is C44H54Cl2SiZr-4. The molecule has 0 fully saturated rings. The molecule has 0 N–H and O–H groups in total. The molecular weight excluding hydrogens is 719 g/mol. The molecule has 0 aromatic heterocycles. The van der Waals surface area contributed by atoms with Gasteiger partial charge in [-0.05, 0) is 59.9 Å². The molecule has 0 atom stereocenters. The molecule has 0 nitrogen and oxygen atoms in total. The minimum absolute atomic E-state index is 0. The van der Waals surface area contributed by atoms with Gasteiger partial charge in [0.05, 0.1) is 0 Å². The van der Waals surface area contributed by atoms with Crippen LogP contribution in [-0.2, 0) is 28.8 Å². The van der Waals surface area contributed by atoms with Gasteiger partial charge in [0.1, 0.15) is 0 Å². The monoisotopic (exact) mass is 770 g/mol. The molecule has 6 aromatic carbocycles. The first-order valence-corrected chi connectivity index (χ1v) is 19.8. The second kappa shape index (κ2) is 19.2. The van der Waals surface area contributed by atoms with Crippen LogP contribution in [0.2, 0.25) is 0 Å². The first-order valence-electron chi connectivity index (χ1n) is 15.6. The van der Waals surface area contributed by atoms with Crippen molar-refractivity contribution >= 4 is 53.2 Å². The molecule has 0 aliphatic rings. The van der Waals surface area contributed by atoms with Crippen LogP contribution < -0.4 is 0 Å². The third-order valence-electron chi connectivity index (χ3n) is 8.70. The summed E-state index contributed by atoms with van der Waals surface area (Å²) in [6.45, 7) is 25.3. The molecule has 2 radical (unpaired) electrons. The Bertz CT molecular complexity index is 1880. The van der Waals surface area contributed by atoms with Crippen LogP contribution in [0.3, 0.4) is 0 Å². The van der Waals surface area contributed by atoms with Crippen LogP contribution in [0.15, 0.2) is 91.0 Å². The summed E-state index contributed by atoms with van der Waals surface area (Å²) < 4.78 is 0. The van der Waals surface area contributed by atoms with E-state index < -0.39 is 0 Å². The molecule has 0 spiro atoms. The van der Waals surface area contributed by atoms with E-state index in [2.05, 4.69) is 167 Å². The van der Waals surface area contributed by atoms with Gasteiger partial charge in [-0.2, -0.15) is 12.1 Å². The van der Waals surface area contributed by atoms with Gasteiger partial charge < -0.3 is 14.9 Å². The Hall–Kier alpha value is -2.22. The summed E-state index contributed by atoms with van der Waals surface area (Å²) in [6, 6.07) is 34.1.